The molecular weight excluding hydrogens is 224 g/mol. The van der Waals surface area contributed by atoms with Crippen LogP contribution in [0, 0.1) is 10.1 Å². The molecule has 6 nitrogen and oxygen atoms in total. The number of nitro groups is 1. The summed E-state index contributed by atoms with van der Waals surface area (Å²) in [6.45, 7) is 0. The molecule has 1 saturated carbocycles. The Morgan fingerprint density at radius 2 is 2.24 bits per heavy atom. The Morgan fingerprint density at radius 3 is 2.76 bits per heavy atom. The van der Waals surface area contributed by atoms with Crippen LogP contribution in [0.1, 0.15) is 23.2 Å². The molecule has 1 fully saturated rings. The first-order valence-corrected chi connectivity index (χ1v) is 5.29. The van der Waals surface area contributed by atoms with Gasteiger partial charge in [-0.3, -0.25) is 14.9 Å². The van der Waals surface area contributed by atoms with Crippen LogP contribution in [0.15, 0.2) is 18.2 Å². The zero-order chi connectivity index (χ0) is 12.4. The lowest BCUT2D eigenvalue weighted by atomic mass is 10.2. The van der Waals surface area contributed by atoms with E-state index in [2.05, 4.69) is 5.32 Å². The van der Waals surface area contributed by atoms with E-state index >= 15 is 0 Å². The van der Waals surface area contributed by atoms with E-state index in [1.165, 1.54) is 25.2 Å². The average molecular weight is 236 g/mol. The second kappa shape index (κ2) is 4.40. The molecule has 2 rings (SSSR count). The molecule has 6 heteroatoms. The van der Waals surface area contributed by atoms with Gasteiger partial charge in [-0.1, -0.05) is 0 Å². The van der Waals surface area contributed by atoms with Crippen LogP contribution in [-0.2, 0) is 0 Å². The van der Waals surface area contributed by atoms with Crippen molar-refractivity contribution >= 4 is 11.6 Å². The maximum atomic E-state index is 11.4. The van der Waals surface area contributed by atoms with E-state index in [4.69, 9.17) is 4.74 Å². The third kappa shape index (κ3) is 2.52. The zero-order valence-electron chi connectivity index (χ0n) is 9.30. The summed E-state index contributed by atoms with van der Waals surface area (Å²) in [6.07, 6.45) is 1.86. The maximum Gasteiger partial charge on any atom is 0.310 e. The topological polar surface area (TPSA) is 81.5 Å². The van der Waals surface area contributed by atoms with Crippen molar-refractivity contribution < 1.29 is 14.5 Å². The number of carbonyl (C=O) groups is 1. The van der Waals surface area contributed by atoms with Gasteiger partial charge in [-0.25, -0.2) is 0 Å². The Bertz CT molecular complexity index is 469. The third-order valence-electron chi connectivity index (χ3n) is 2.46. The van der Waals surface area contributed by atoms with Crippen LogP contribution in [0.5, 0.6) is 5.75 Å². The van der Waals surface area contributed by atoms with Crippen LogP contribution in [0.2, 0.25) is 0 Å². The van der Waals surface area contributed by atoms with Gasteiger partial charge in [0.2, 0.25) is 0 Å². The third-order valence-corrected chi connectivity index (χ3v) is 2.46. The number of ether oxygens (including phenoxy) is 1. The Morgan fingerprint density at radius 1 is 1.53 bits per heavy atom. The second-order valence-electron chi connectivity index (χ2n) is 3.84. The molecule has 0 aromatic heterocycles. The number of nitrogens with one attached hydrogen (secondary N) is 1. The molecule has 1 aromatic rings. The molecular formula is C11H12N2O4. The molecule has 0 unspecified atom stereocenters. The highest BCUT2D eigenvalue weighted by Gasteiger charge is 2.27. The van der Waals surface area contributed by atoms with Crippen LogP contribution in [-0.4, -0.2) is 24.0 Å². The van der Waals surface area contributed by atoms with E-state index in [9.17, 15) is 14.9 Å². The van der Waals surface area contributed by atoms with Crippen molar-refractivity contribution in [1.82, 2.24) is 5.32 Å². The van der Waals surface area contributed by atoms with Crippen LogP contribution < -0.4 is 10.1 Å². The van der Waals surface area contributed by atoms with Crippen LogP contribution in [0.3, 0.4) is 0 Å². The fraction of sp³-hybridized carbons (Fsp3) is 0.364. The lowest BCUT2D eigenvalue weighted by Crippen LogP contribution is -2.18. The van der Waals surface area contributed by atoms with E-state index in [1.54, 1.807) is 0 Å². The number of hydrogen-bond acceptors (Lipinski definition) is 4. The van der Waals surface area contributed by atoms with Crippen molar-refractivity contribution in [2.45, 2.75) is 18.9 Å². The first-order valence-electron chi connectivity index (χ1n) is 5.29. The summed E-state index contributed by atoms with van der Waals surface area (Å²) in [5, 5.41) is 13.3. The number of benzene rings is 1. The number of carbonyl (C=O) groups excluding carboxylic acids is 1. The van der Waals surface area contributed by atoms with Gasteiger partial charge in [-0.2, -0.15) is 0 Å². The zero-order valence-corrected chi connectivity index (χ0v) is 9.30. The lowest BCUT2D eigenvalue weighted by Gasteiger charge is -2.07. The number of nitrogens with zero attached hydrogens (tertiary/aromatic N) is 1. The minimum Gasteiger partial charge on any atom is -0.483 e. The normalized spacial score (nSPS) is 14.2. The molecule has 90 valence electrons. The monoisotopic (exact) mass is 236 g/mol. The summed E-state index contributed by atoms with van der Waals surface area (Å²) in [7, 11) is 1.51. The summed E-state index contributed by atoms with van der Waals surface area (Å²) in [6, 6.07) is 4.12. The Balaban J connectivity index is 2.34. The van der Waals surface area contributed by atoms with Crippen molar-refractivity contribution in [1.29, 1.82) is 0 Å². The van der Waals surface area contributed by atoms with Crippen LogP contribution >= 0.6 is 0 Å². The van der Waals surface area contributed by atoms with Gasteiger partial charge < -0.3 is 10.1 Å². The average Bonchev–Trinajstić information content (AvgIpc) is 3.11. The fourth-order valence-electron chi connectivity index (χ4n) is 1.41. The highest BCUT2D eigenvalue weighted by molar-refractivity contribution is 5.94. The molecule has 17 heavy (non-hydrogen) atoms. The van der Waals surface area contributed by atoms with E-state index in [1.807, 2.05) is 0 Å². The molecule has 1 aliphatic carbocycles. The van der Waals surface area contributed by atoms with Gasteiger partial charge in [0.1, 0.15) is 0 Å². The number of hydrogen-bond donors (Lipinski definition) is 1. The Labute approximate surface area is 97.7 Å². The van der Waals surface area contributed by atoms with Gasteiger partial charge in [-0.05, 0) is 18.9 Å². The largest absolute Gasteiger partial charge is 0.483 e. The molecule has 0 spiro atoms. The summed E-state index contributed by atoms with van der Waals surface area (Å²) in [5.74, 6) is -0.126. The lowest BCUT2D eigenvalue weighted by molar-refractivity contribution is -0.385. The Kier molecular flexibility index (Phi) is 2.95. The van der Waals surface area contributed by atoms with Gasteiger partial charge in [0.25, 0.3) is 5.91 Å². The fourth-order valence-corrected chi connectivity index (χ4v) is 1.41. The molecule has 1 N–H and O–H groups in total. The quantitative estimate of drug-likeness (QED) is 0.634. The summed E-state index contributed by atoms with van der Waals surface area (Å²) in [4.78, 5) is 21.7. The highest BCUT2D eigenvalue weighted by Crippen LogP contribution is 2.34. The van der Waals surface area contributed by atoms with Gasteiger partial charge >= 0.3 is 5.69 Å². The Hall–Kier alpha value is -2.11. The number of amides is 1. The first-order chi connectivity index (χ1) is 8.11. The van der Waals surface area contributed by atoms with Crippen molar-refractivity contribution in [3.63, 3.8) is 0 Å². The van der Waals surface area contributed by atoms with Crippen LogP contribution in [0.4, 0.5) is 5.69 Å². The van der Waals surface area contributed by atoms with Gasteiger partial charge in [-0.15, -0.1) is 0 Å². The van der Waals surface area contributed by atoms with E-state index < -0.39 is 4.92 Å². The number of rotatable bonds is 4. The molecule has 1 amide bonds. The highest BCUT2D eigenvalue weighted by atomic mass is 16.6. The molecule has 0 atom stereocenters. The van der Waals surface area contributed by atoms with Crippen molar-refractivity contribution in [2.24, 2.45) is 0 Å². The van der Waals surface area contributed by atoms with Crippen LogP contribution in [0.25, 0.3) is 0 Å². The van der Waals surface area contributed by atoms with E-state index in [-0.39, 0.29) is 23.4 Å². The molecule has 1 aliphatic rings. The first kappa shape index (κ1) is 11.4. The SMILES string of the molecule is CNC(=O)c1ccc([N+](=O)[O-])c(OC2CC2)c1. The minimum atomic E-state index is -0.509. The van der Waals surface area contributed by atoms with Crippen molar-refractivity contribution in [2.75, 3.05) is 7.05 Å². The van der Waals surface area contributed by atoms with E-state index in [0.29, 0.717) is 5.56 Å². The summed E-state index contributed by atoms with van der Waals surface area (Å²) >= 11 is 0. The molecule has 0 heterocycles. The van der Waals surface area contributed by atoms with Crippen molar-refractivity contribution in [3.8, 4) is 5.75 Å². The predicted molar refractivity (Wildman–Crippen MR) is 60.1 cm³/mol. The molecule has 0 saturated heterocycles. The second-order valence-corrected chi connectivity index (χ2v) is 3.84. The molecule has 0 bridgehead atoms. The molecule has 1 aromatic carbocycles. The molecule has 0 radical (unpaired) electrons. The summed E-state index contributed by atoms with van der Waals surface area (Å²) < 4.78 is 5.43. The van der Waals surface area contributed by atoms with E-state index in [0.717, 1.165) is 12.8 Å². The van der Waals surface area contributed by atoms with Gasteiger partial charge in [0.15, 0.2) is 5.75 Å². The van der Waals surface area contributed by atoms with Crippen molar-refractivity contribution in [3.05, 3.63) is 33.9 Å². The maximum absolute atomic E-state index is 11.4. The predicted octanol–water partition coefficient (Wildman–Crippen LogP) is 1.50. The molecule has 0 aliphatic heterocycles. The summed E-state index contributed by atoms with van der Waals surface area (Å²) in [5.41, 5.74) is 0.248. The standard InChI is InChI=1S/C11H12N2O4/c1-12-11(14)7-2-5-9(13(15)16)10(6-7)17-8-3-4-8/h2,5-6,8H,3-4H2,1H3,(H,12,14). The minimum absolute atomic E-state index is 0.0497. The smallest absolute Gasteiger partial charge is 0.310 e. The van der Waals surface area contributed by atoms with Gasteiger partial charge in [0, 0.05) is 24.7 Å². The van der Waals surface area contributed by atoms with Gasteiger partial charge in [0.05, 0.1) is 11.0 Å². The number of nitro benzene ring substituents is 1.